The molecule has 0 aliphatic carbocycles. The van der Waals surface area contributed by atoms with E-state index >= 15 is 0 Å². The van der Waals surface area contributed by atoms with Gasteiger partial charge in [-0.05, 0) is 24.6 Å². The molecule has 4 N–H and O–H groups in total. The van der Waals surface area contributed by atoms with Gasteiger partial charge in [-0.15, -0.1) is 0 Å². The van der Waals surface area contributed by atoms with Crippen molar-refractivity contribution in [2.45, 2.75) is 19.8 Å². The molecule has 2 aromatic rings. The van der Waals surface area contributed by atoms with Gasteiger partial charge in [0, 0.05) is 17.6 Å². The quantitative estimate of drug-likeness (QED) is 0.773. The highest BCUT2D eigenvalue weighted by Crippen LogP contribution is 2.24. The normalized spacial score (nSPS) is 10.7. The van der Waals surface area contributed by atoms with E-state index in [1.807, 2.05) is 11.0 Å². The van der Waals surface area contributed by atoms with Gasteiger partial charge in [-0.1, -0.05) is 13.3 Å². The van der Waals surface area contributed by atoms with Gasteiger partial charge in [-0.25, -0.2) is 9.97 Å². The molecule has 0 aliphatic heterocycles. The van der Waals surface area contributed by atoms with Gasteiger partial charge in [0.25, 0.3) is 0 Å². The van der Waals surface area contributed by atoms with Crippen LogP contribution in [-0.4, -0.2) is 29.0 Å². The number of anilines is 2. The highest BCUT2D eigenvalue weighted by Gasteiger charge is 2.14. The summed E-state index contributed by atoms with van der Waals surface area (Å²) < 4.78 is 0. The van der Waals surface area contributed by atoms with E-state index in [-0.39, 0.29) is 12.5 Å². The summed E-state index contributed by atoms with van der Waals surface area (Å²) >= 11 is 0. The first-order chi connectivity index (χ1) is 9.61. The zero-order chi connectivity index (χ0) is 14.5. The third kappa shape index (κ3) is 3.14. The Bertz CT molecular complexity index is 614. The first kappa shape index (κ1) is 14.0. The van der Waals surface area contributed by atoms with Gasteiger partial charge >= 0.3 is 0 Å². The van der Waals surface area contributed by atoms with Crippen LogP contribution in [0.2, 0.25) is 0 Å². The Morgan fingerprint density at radius 2 is 2.15 bits per heavy atom. The minimum absolute atomic E-state index is 0.149. The van der Waals surface area contributed by atoms with E-state index in [4.69, 9.17) is 11.5 Å². The summed E-state index contributed by atoms with van der Waals surface area (Å²) in [6.07, 6.45) is 3.48. The molecule has 0 radical (unpaired) electrons. The van der Waals surface area contributed by atoms with E-state index in [2.05, 4.69) is 16.9 Å². The van der Waals surface area contributed by atoms with Gasteiger partial charge in [-0.2, -0.15) is 0 Å². The number of fused-ring (bicyclic) bond motifs is 1. The summed E-state index contributed by atoms with van der Waals surface area (Å²) in [5, 5.41) is 0.874. The number of benzene rings is 1. The second-order valence-corrected chi connectivity index (χ2v) is 4.72. The Balaban J connectivity index is 2.43. The SMILES string of the molecule is CCCCN(CC(N)=O)c1ncnc2cc(N)ccc12. The van der Waals surface area contributed by atoms with Crippen molar-refractivity contribution in [1.82, 2.24) is 9.97 Å². The molecule has 2 rings (SSSR count). The fourth-order valence-corrected chi connectivity index (χ4v) is 2.11. The minimum atomic E-state index is -0.372. The van der Waals surface area contributed by atoms with E-state index in [9.17, 15) is 4.79 Å². The Kier molecular flexibility index (Phi) is 4.34. The minimum Gasteiger partial charge on any atom is -0.399 e. The van der Waals surface area contributed by atoms with Crippen LogP contribution in [0.1, 0.15) is 19.8 Å². The fourth-order valence-electron chi connectivity index (χ4n) is 2.11. The maximum atomic E-state index is 11.3. The molecule has 0 bridgehead atoms. The molecule has 20 heavy (non-hydrogen) atoms. The van der Waals surface area contributed by atoms with Crippen LogP contribution < -0.4 is 16.4 Å². The lowest BCUT2D eigenvalue weighted by Gasteiger charge is -2.23. The van der Waals surface area contributed by atoms with Crippen LogP contribution in [0.4, 0.5) is 11.5 Å². The van der Waals surface area contributed by atoms with E-state index in [1.54, 1.807) is 12.1 Å². The van der Waals surface area contributed by atoms with E-state index in [0.29, 0.717) is 5.69 Å². The average molecular weight is 273 g/mol. The van der Waals surface area contributed by atoms with Crippen molar-refractivity contribution in [1.29, 1.82) is 0 Å². The molecule has 6 nitrogen and oxygen atoms in total. The Hall–Kier alpha value is -2.37. The summed E-state index contributed by atoms with van der Waals surface area (Å²) in [5.74, 6) is 0.352. The monoisotopic (exact) mass is 273 g/mol. The van der Waals surface area contributed by atoms with Crippen molar-refractivity contribution >= 4 is 28.3 Å². The van der Waals surface area contributed by atoms with Crippen molar-refractivity contribution < 1.29 is 4.79 Å². The molecule has 0 spiro atoms. The number of aromatic nitrogens is 2. The average Bonchev–Trinajstić information content (AvgIpc) is 2.42. The van der Waals surface area contributed by atoms with Crippen LogP contribution in [0.5, 0.6) is 0 Å². The Labute approximate surface area is 117 Å². The molecular weight excluding hydrogens is 254 g/mol. The van der Waals surface area contributed by atoms with Crippen molar-refractivity contribution in [2.75, 3.05) is 23.7 Å². The van der Waals surface area contributed by atoms with E-state index < -0.39 is 0 Å². The molecule has 6 heteroatoms. The molecule has 0 fully saturated rings. The van der Waals surface area contributed by atoms with Crippen LogP contribution in [0.25, 0.3) is 10.9 Å². The van der Waals surface area contributed by atoms with Gasteiger partial charge < -0.3 is 16.4 Å². The van der Waals surface area contributed by atoms with Crippen molar-refractivity contribution in [3.8, 4) is 0 Å². The van der Waals surface area contributed by atoms with Crippen LogP contribution in [0.3, 0.4) is 0 Å². The largest absolute Gasteiger partial charge is 0.399 e. The number of carbonyl (C=O) groups is 1. The zero-order valence-corrected chi connectivity index (χ0v) is 11.5. The first-order valence-electron chi connectivity index (χ1n) is 6.65. The van der Waals surface area contributed by atoms with Gasteiger partial charge in [-0.3, -0.25) is 4.79 Å². The van der Waals surface area contributed by atoms with Crippen LogP contribution in [0, 0.1) is 0 Å². The number of carbonyl (C=O) groups excluding carboxylic acids is 1. The molecule has 1 aromatic heterocycles. The number of nitrogen functional groups attached to an aromatic ring is 1. The molecular formula is C14H19N5O. The standard InChI is InChI=1S/C14H19N5O/c1-2-3-6-19(8-13(16)20)14-11-5-4-10(15)7-12(11)17-9-18-14/h4-5,7,9H,2-3,6,8,15H2,1H3,(H2,16,20). The van der Waals surface area contributed by atoms with Gasteiger partial charge in [0.2, 0.25) is 5.91 Å². The number of primary amides is 1. The molecule has 0 unspecified atom stereocenters. The molecule has 1 aromatic carbocycles. The highest BCUT2D eigenvalue weighted by molar-refractivity contribution is 5.92. The summed E-state index contributed by atoms with van der Waals surface area (Å²) in [4.78, 5) is 21.7. The number of unbranched alkanes of at least 4 members (excludes halogenated alkanes) is 1. The Morgan fingerprint density at radius 1 is 1.35 bits per heavy atom. The van der Waals surface area contributed by atoms with E-state index in [1.165, 1.54) is 6.33 Å². The van der Waals surface area contributed by atoms with Crippen molar-refractivity contribution in [2.24, 2.45) is 5.73 Å². The predicted molar refractivity (Wildman–Crippen MR) is 80.3 cm³/mol. The van der Waals surface area contributed by atoms with Crippen LogP contribution >= 0.6 is 0 Å². The molecule has 0 saturated heterocycles. The van der Waals surface area contributed by atoms with E-state index in [0.717, 1.165) is 36.1 Å². The number of hydrogen-bond acceptors (Lipinski definition) is 5. The van der Waals surface area contributed by atoms with Crippen molar-refractivity contribution in [3.63, 3.8) is 0 Å². The Morgan fingerprint density at radius 3 is 2.85 bits per heavy atom. The molecule has 1 amide bonds. The van der Waals surface area contributed by atoms with Gasteiger partial charge in [0.05, 0.1) is 12.1 Å². The topological polar surface area (TPSA) is 98.1 Å². The highest BCUT2D eigenvalue weighted by atomic mass is 16.1. The van der Waals surface area contributed by atoms with Crippen molar-refractivity contribution in [3.05, 3.63) is 24.5 Å². The third-order valence-electron chi connectivity index (χ3n) is 3.07. The summed E-state index contributed by atoms with van der Waals surface area (Å²) in [6.45, 7) is 2.98. The van der Waals surface area contributed by atoms with Crippen LogP contribution in [-0.2, 0) is 4.79 Å². The number of nitrogens with two attached hydrogens (primary N) is 2. The number of nitrogens with zero attached hydrogens (tertiary/aromatic N) is 3. The summed E-state index contributed by atoms with van der Waals surface area (Å²) in [5.41, 5.74) is 12.5. The lowest BCUT2D eigenvalue weighted by Crippen LogP contribution is -2.35. The second kappa shape index (κ2) is 6.18. The predicted octanol–water partition coefficient (Wildman–Crippen LogP) is 1.30. The molecule has 0 aliphatic rings. The lowest BCUT2D eigenvalue weighted by molar-refractivity contribution is -0.116. The molecule has 0 atom stereocenters. The maximum absolute atomic E-state index is 11.3. The third-order valence-corrected chi connectivity index (χ3v) is 3.07. The zero-order valence-electron chi connectivity index (χ0n) is 11.5. The molecule has 1 heterocycles. The number of amides is 1. The number of rotatable bonds is 6. The first-order valence-corrected chi connectivity index (χ1v) is 6.65. The fraction of sp³-hybridized carbons (Fsp3) is 0.357. The molecule has 0 saturated carbocycles. The lowest BCUT2D eigenvalue weighted by atomic mass is 10.2. The van der Waals surface area contributed by atoms with Gasteiger partial charge in [0.15, 0.2) is 0 Å². The summed E-state index contributed by atoms with van der Waals surface area (Å²) in [6, 6.07) is 5.47. The second-order valence-electron chi connectivity index (χ2n) is 4.72. The van der Waals surface area contributed by atoms with Crippen LogP contribution in [0.15, 0.2) is 24.5 Å². The number of hydrogen-bond donors (Lipinski definition) is 2. The summed E-state index contributed by atoms with van der Waals surface area (Å²) in [7, 11) is 0. The molecule has 106 valence electrons. The smallest absolute Gasteiger partial charge is 0.236 e. The van der Waals surface area contributed by atoms with Gasteiger partial charge in [0.1, 0.15) is 12.1 Å². The maximum Gasteiger partial charge on any atom is 0.236 e.